The molecule has 2 heteroatoms. The van der Waals surface area contributed by atoms with Gasteiger partial charge >= 0.3 is 0 Å². The lowest BCUT2D eigenvalue weighted by Crippen LogP contribution is -2.48. The van der Waals surface area contributed by atoms with Gasteiger partial charge in [0.25, 0.3) is 0 Å². The molecule has 0 aromatic carbocycles. The number of likely N-dealkylation sites (N-methyl/N-ethyl adjacent to an activating group) is 1. The highest BCUT2D eigenvalue weighted by Crippen LogP contribution is 2.28. The molecule has 0 aliphatic heterocycles. The SMILES string of the molecule is CCNC(CN(CC(C)C)C(C)C)C1CCCC1. The molecule has 2 nitrogen and oxygen atoms in total. The van der Waals surface area contributed by atoms with Gasteiger partial charge in [0.2, 0.25) is 0 Å². The van der Waals surface area contributed by atoms with Crippen molar-refractivity contribution in [1.82, 2.24) is 10.2 Å². The Bertz CT molecular complexity index is 207. The highest BCUT2D eigenvalue weighted by molar-refractivity contribution is 4.84. The maximum atomic E-state index is 3.74. The third-order valence-electron chi connectivity index (χ3n) is 4.20. The highest BCUT2D eigenvalue weighted by atomic mass is 15.2. The van der Waals surface area contributed by atoms with E-state index in [1.165, 1.54) is 38.8 Å². The van der Waals surface area contributed by atoms with Gasteiger partial charge < -0.3 is 5.32 Å². The fourth-order valence-electron chi connectivity index (χ4n) is 3.22. The van der Waals surface area contributed by atoms with Gasteiger partial charge in [-0.05, 0) is 45.1 Å². The van der Waals surface area contributed by atoms with Gasteiger partial charge in [0.15, 0.2) is 0 Å². The summed E-state index contributed by atoms with van der Waals surface area (Å²) >= 11 is 0. The van der Waals surface area contributed by atoms with Crippen LogP contribution in [-0.2, 0) is 0 Å². The molecule has 0 aromatic rings. The molecule has 0 saturated heterocycles. The summed E-state index contributed by atoms with van der Waals surface area (Å²) in [5, 5.41) is 3.74. The van der Waals surface area contributed by atoms with Crippen LogP contribution < -0.4 is 5.32 Å². The molecule has 1 saturated carbocycles. The molecule has 1 aliphatic rings. The zero-order valence-corrected chi connectivity index (χ0v) is 13.2. The van der Waals surface area contributed by atoms with Crippen LogP contribution in [-0.4, -0.2) is 36.6 Å². The first-order chi connectivity index (χ1) is 8.54. The van der Waals surface area contributed by atoms with E-state index in [4.69, 9.17) is 0 Å². The van der Waals surface area contributed by atoms with E-state index >= 15 is 0 Å². The van der Waals surface area contributed by atoms with Gasteiger partial charge in [-0.25, -0.2) is 0 Å². The molecule has 18 heavy (non-hydrogen) atoms. The maximum Gasteiger partial charge on any atom is 0.0223 e. The second kappa shape index (κ2) is 8.16. The molecule has 0 amide bonds. The number of hydrogen-bond donors (Lipinski definition) is 1. The molecule has 0 radical (unpaired) electrons. The van der Waals surface area contributed by atoms with Crippen molar-refractivity contribution in [1.29, 1.82) is 0 Å². The van der Waals surface area contributed by atoms with E-state index in [0.29, 0.717) is 12.1 Å². The highest BCUT2D eigenvalue weighted by Gasteiger charge is 2.26. The Balaban J connectivity index is 2.54. The molecule has 1 atom stereocenters. The molecule has 1 rings (SSSR count). The van der Waals surface area contributed by atoms with Gasteiger partial charge in [0.1, 0.15) is 0 Å². The van der Waals surface area contributed by atoms with Crippen LogP contribution in [0, 0.1) is 11.8 Å². The summed E-state index contributed by atoms with van der Waals surface area (Å²) in [4.78, 5) is 2.66. The van der Waals surface area contributed by atoms with E-state index in [1.807, 2.05) is 0 Å². The number of rotatable bonds is 8. The van der Waals surface area contributed by atoms with Gasteiger partial charge in [0.05, 0.1) is 0 Å². The quantitative estimate of drug-likeness (QED) is 0.713. The Morgan fingerprint density at radius 2 is 1.67 bits per heavy atom. The Hall–Kier alpha value is -0.0800. The van der Waals surface area contributed by atoms with Crippen LogP contribution in [0.2, 0.25) is 0 Å². The van der Waals surface area contributed by atoms with Crippen LogP contribution in [0.25, 0.3) is 0 Å². The zero-order valence-electron chi connectivity index (χ0n) is 13.2. The maximum absolute atomic E-state index is 3.74. The third kappa shape index (κ3) is 5.27. The molecule has 1 aliphatic carbocycles. The molecular formula is C16H34N2. The summed E-state index contributed by atoms with van der Waals surface area (Å²) in [6.45, 7) is 15.1. The minimum absolute atomic E-state index is 0.662. The first-order valence-electron chi connectivity index (χ1n) is 8.02. The molecule has 0 spiro atoms. The first kappa shape index (κ1) is 16.0. The minimum Gasteiger partial charge on any atom is -0.313 e. The van der Waals surface area contributed by atoms with Crippen molar-refractivity contribution >= 4 is 0 Å². The van der Waals surface area contributed by atoms with E-state index in [2.05, 4.69) is 44.8 Å². The normalized spacial score (nSPS) is 19.3. The lowest BCUT2D eigenvalue weighted by atomic mass is 9.96. The smallest absolute Gasteiger partial charge is 0.0223 e. The molecule has 0 heterocycles. The lowest BCUT2D eigenvalue weighted by molar-refractivity contribution is 0.157. The molecule has 0 aromatic heterocycles. The van der Waals surface area contributed by atoms with Crippen LogP contribution in [0.5, 0.6) is 0 Å². The Morgan fingerprint density at radius 1 is 1.06 bits per heavy atom. The van der Waals surface area contributed by atoms with Crippen molar-refractivity contribution in [2.24, 2.45) is 11.8 Å². The summed E-state index contributed by atoms with van der Waals surface area (Å²) in [6.07, 6.45) is 5.76. The number of hydrogen-bond acceptors (Lipinski definition) is 2. The van der Waals surface area contributed by atoms with E-state index in [1.54, 1.807) is 0 Å². The predicted octanol–water partition coefficient (Wildman–Crippen LogP) is 3.52. The first-order valence-corrected chi connectivity index (χ1v) is 8.02. The molecular weight excluding hydrogens is 220 g/mol. The summed E-state index contributed by atoms with van der Waals surface area (Å²) in [6, 6.07) is 1.37. The zero-order chi connectivity index (χ0) is 13.5. The standard InChI is InChI=1S/C16H34N2/c1-6-17-16(15-9-7-8-10-15)12-18(14(4)5)11-13(2)3/h13-17H,6-12H2,1-5H3. The van der Waals surface area contributed by atoms with Crippen molar-refractivity contribution in [2.75, 3.05) is 19.6 Å². The van der Waals surface area contributed by atoms with E-state index in [9.17, 15) is 0 Å². The number of nitrogens with zero attached hydrogens (tertiary/aromatic N) is 1. The van der Waals surface area contributed by atoms with Crippen molar-refractivity contribution in [3.63, 3.8) is 0 Å². The Kier molecular flexibility index (Phi) is 7.25. The molecule has 1 unspecified atom stereocenters. The molecule has 1 fully saturated rings. The second-order valence-electron chi connectivity index (χ2n) is 6.65. The van der Waals surface area contributed by atoms with Crippen LogP contribution in [0.15, 0.2) is 0 Å². The fourth-order valence-corrected chi connectivity index (χ4v) is 3.22. The largest absolute Gasteiger partial charge is 0.313 e. The summed E-state index contributed by atoms with van der Waals surface area (Å²) < 4.78 is 0. The molecule has 1 N–H and O–H groups in total. The molecule has 0 bridgehead atoms. The average molecular weight is 254 g/mol. The van der Waals surface area contributed by atoms with Crippen molar-refractivity contribution < 1.29 is 0 Å². The molecule has 108 valence electrons. The summed E-state index contributed by atoms with van der Waals surface area (Å²) in [5.74, 6) is 1.68. The van der Waals surface area contributed by atoms with E-state index in [0.717, 1.165) is 18.4 Å². The Morgan fingerprint density at radius 3 is 2.11 bits per heavy atom. The van der Waals surface area contributed by atoms with Crippen molar-refractivity contribution in [2.45, 2.75) is 72.4 Å². The lowest BCUT2D eigenvalue weighted by Gasteiger charge is -2.35. The fraction of sp³-hybridized carbons (Fsp3) is 1.00. The average Bonchev–Trinajstić information content (AvgIpc) is 2.79. The number of nitrogens with one attached hydrogen (secondary N) is 1. The van der Waals surface area contributed by atoms with Crippen molar-refractivity contribution in [3.05, 3.63) is 0 Å². The van der Waals surface area contributed by atoms with E-state index < -0.39 is 0 Å². The summed E-state index contributed by atoms with van der Waals surface area (Å²) in [7, 11) is 0. The van der Waals surface area contributed by atoms with Crippen LogP contribution in [0.3, 0.4) is 0 Å². The monoisotopic (exact) mass is 254 g/mol. The van der Waals surface area contributed by atoms with Crippen LogP contribution in [0.4, 0.5) is 0 Å². The van der Waals surface area contributed by atoms with E-state index in [-0.39, 0.29) is 0 Å². The van der Waals surface area contributed by atoms with Crippen LogP contribution in [0.1, 0.15) is 60.3 Å². The van der Waals surface area contributed by atoms with Crippen molar-refractivity contribution in [3.8, 4) is 0 Å². The summed E-state index contributed by atoms with van der Waals surface area (Å²) in [5.41, 5.74) is 0. The van der Waals surface area contributed by atoms with Gasteiger partial charge in [-0.2, -0.15) is 0 Å². The van der Waals surface area contributed by atoms with Crippen LogP contribution >= 0.6 is 0 Å². The predicted molar refractivity (Wildman–Crippen MR) is 81.0 cm³/mol. The van der Waals surface area contributed by atoms with Gasteiger partial charge in [0, 0.05) is 25.2 Å². The van der Waals surface area contributed by atoms with Gasteiger partial charge in [-0.15, -0.1) is 0 Å². The third-order valence-corrected chi connectivity index (χ3v) is 4.20. The van der Waals surface area contributed by atoms with Gasteiger partial charge in [-0.3, -0.25) is 4.90 Å². The topological polar surface area (TPSA) is 15.3 Å². The minimum atomic E-state index is 0.662. The van der Waals surface area contributed by atoms with Gasteiger partial charge in [-0.1, -0.05) is 33.6 Å². The Labute approximate surface area is 115 Å². The second-order valence-corrected chi connectivity index (χ2v) is 6.65.